The summed E-state index contributed by atoms with van der Waals surface area (Å²) in [6.07, 6.45) is 0. The summed E-state index contributed by atoms with van der Waals surface area (Å²) in [6, 6.07) is 9.54. The van der Waals surface area contributed by atoms with Crippen LogP contribution in [0.3, 0.4) is 0 Å². The predicted molar refractivity (Wildman–Crippen MR) is 64.7 cm³/mol. The summed E-state index contributed by atoms with van der Waals surface area (Å²) in [5, 5.41) is 20.3. The van der Waals surface area contributed by atoms with Gasteiger partial charge in [-0.2, -0.15) is 0 Å². The largest absolute Gasteiger partial charge is 0.360 e. The molecule has 2 aromatic rings. The molecule has 0 amide bonds. The zero-order chi connectivity index (χ0) is 11.2. The van der Waals surface area contributed by atoms with Crippen molar-refractivity contribution in [2.75, 3.05) is 11.9 Å². The Hall–Kier alpha value is -1.82. The van der Waals surface area contributed by atoms with Gasteiger partial charge in [0.1, 0.15) is 0 Å². The van der Waals surface area contributed by atoms with Crippen LogP contribution < -0.4 is 5.32 Å². The highest BCUT2D eigenvalue weighted by atomic mass is 32.1. The zero-order valence-electron chi connectivity index (χ0n) is 8.79. The van der Waals surface area contributed by atoms with Crippen LogP contribution in [0.25, 0.3) is 0 Å². The Kier molecular flexibility index (Phi) is 3.55. The Morgan fingerprint density at radius 1 is 1.19 bits per heavy atom. The number of aromatic nitrogens is 2. The first-order chi connectivity index (χ1) is 7.88. The summed E-state index contributed by atoms with van der Waals surface area (Å²) in [5.41, 5.74) is 0.808. The van der Waals surface area contributed by atoms with Gasteiger partial charge in [-0.15, -0.1) is 20.4 Å². The molecular weight excluding hydrogens is 222 g/mol. The minimum Gasteiger partial charge on any atom is -0.360 e. The van der Waals surface area contributed by atoms with E-state index in [0.29, 0.717) is 5.13 Å². The van der Waals surface area contributed by atoms with Crippen molar-refractivity contribution < 1.29 is 0 Å². The van der Waals surface area contributed by atoms with Crippen molar-refractivity contribution in [3.63, 3.8) is 0 Å². The van der Waals surface area contributed by atoms with E-state index in [-0.39, 0.29) is 0 Å². The maximum absolute atomic E-state index is 4.06. The number of nitrogens with zero attached hydrogens (tertiary/aromatic N) is 4. The predicted octanol–water partition coefficient (Wildman–Crippen LogP) is 3.39. The van der Waals surface area contributed by atoms with Crippen molar-refractivity contribution >= 4 is 27.3 Å². The second kappa shape index (κ2) is 5.32. The lowest BCUT2D eigenvalue weighted by Gasteiger charge is -1.90. The van der Waals surface area contributed by atoms with Crippen molar-refractivity contribution in [2.24, 2.45) is 10.2 Å². The molecule has 0 unspecified atom stereocenters. The number of hydrogen-bond donors (Lipinski definition) is 1. The summed E-state index contributed by atoms with van der Waals surface area (Å²) >= 11 is 1.38. The molecule has 6 heteroatoms. The molecule has 1 aromatic heterocycles. The van der Waals surface area contributed by atoms with Gasteiger partial charge in [-0.05, 0) is 19.1 Å². The molecule has 0 aliphatic rings. The minimum atomic E-state index is 0.555. The summed E-state index contributed by atoms with van der Waals surface area (Å²) in [7, 11) is 0. The molecule has 1 N–H and O–H groups in total. The van der Waals surface area contributed by atoms with Crippen LogP contribution in [-0.4, -0.2) is 16.7 Å². The van der Waals surface area contributed by atoms with E-state index >= 15 is 0 Å². The number of rotatable bonds is 4. The number of benzene rings is 1. The van der Waals surface area contributed by atoms with E-state index in [2.05, 4.69) is 25.7 Å². The van der Waals surface area contributed by atoms with Crippen LogP contribution in [0, 0.1) is 0 Å². The molecule has 0 bridgehead atoms. The highest BCUT2D eigenvalue weighted by Crippen LogP contribution is 2.24. The molecule has 1 aromatic carbocycles. The first-order valence-electron chi connectivity index (χ1n) is 4.92. The molecule has 0 fully saturated rings. The highest BCUT2D eigenvalue weighted by Gasteiger charge is 2.00. The van der Waals surface area contributed by atoms with E-state index in [4.69, 9.17) is 0 Å². The minimum absolute atomic E-state index is 0.555. The van der Waals surface area contributed by atoms with Gasteiger partial charge in [0, 0.05) is 6.54 Å². The van der Waals surface area contributed by atoms with Crippen LogP contribution in [0.5, 0.6) is 0 Å². The Balaban J connectivity index is 2.06. The third kappa shape index (κ3) is 2.83. The summed E-state index contributed by atoms with van der Waals surface area (Å²) in [5.74, 6) is 0. The molecule has 16 heavy (non-hydrogen) atoms. The molecule has 2 rings (SSSR count). The molecule has 0 atom stereocenters. The Morgan fingerprint density at radius 2 is 2.00 bits per heavy atom. The van der Waals surface area contributed by atoms with Gasteiger partial charge in [0.2, 0.25) is 5.13 Å². The lowest BCUT2D eigenvalue weighted by atomic mass is 10.3. The lowest BCUT2D eigenvalue weighted by molar-refractivity contribution is 1.04. The van der Waals surface area contributed by atoms with Crippen LogP contribution >= 0.6 is 11.3 Å². The van der Waals surface area contributed by atoms with E-state index in [0.717, 1.165) is 17.4 Å². The molecule has 5 nitrogen and oxygen atoms in total. The van der Waals surface area contributed by atoms with Gasteiger partial charge in [-0.1, -0.05) is 29.5 Å². The van der Waals surface area contributed by atoms with E-state index in [1.807, 2.05) is 37.3 Å². The van der Waals surface area contributed by atoms with E-state index in [1.165, 1.54) is 11.3 Å². The van der Waals surface area contributed by atoms with Gasteiger partial charge < -0.3 is 5.32 Å². The average molecular weight is 233 g/mol. The SMILES string of the molecule is CCNc1nnc(N=Nc2ccccc2)s1. The van der Waals surface area contributed by atoms with Gasteiger partial charge in [0.15, 0.2) is 0 Å². The third-order valence-corrected chi connectivity index (χ3v) is 2.51. The van der Waals surface area contributed by atoms with Crippen LogP contribution in [0.4, 0.5) is 16.0 Å². The molecule has 0 saturated heterocycles. The van der Waals surface area contributed by atoms with Gasteiger partial charge in [0.05, 0.1) is 5.69 Å². The fraction of sp³-hybridized carbons (Fsp3) is 0.200. The second-order valence-electron chi connectivity index (χ2n) is 2.96. The number of azo groups is 1. The monoisotopic (exact) mass is 233 g/mol. The van der Waals surface area contributed by atoms with Crippen LogP contribution in [-0.2, 0) is 0 Å². The second-order valence-corrected chi connectivity index (χ2v) is 3.91. The van der Waals surface area contributed by atoms with Gasteiger partial charge in [-0.3, -0.25) is 0 Å². The molecule has 0 aliphatic carbocycles. The number of nitrogens with one attached hydrogen (secondary N) is 1. The number of anilines is 1. The molecule has 1 heterocycles. The van der Waals surface area contributed by atoms with Crippen LogP contribution in [0.1, 0.15) is 6.92 Å². The smallest absolute Gasteiger partial charge is 0.253 e. The van der Waals surface area contributed by atoms with Crippen LogP contribution in [0.2, 0.25) is 0 Å². The maximum atomic E-state index is 4.06. The fourth-order valence-electron chi connectivity index (χ4n) is 1.07. The lowest BCUT2D eigenvalue weighted by Crippen LogP contribution is -1.94. The highest BCUT2D eigenvalue weighted by molar-refractivity contribution is 7.18. The van der Waals surface area contributed by atoms with Crippen molar-refractivity contribution in [3.05, 3.63) is 30.3 Å². The van der Waals surface area contributed by atoms with Crippen molar-refractivity contribution in [1.82, 2.24) is 10.2 Å². The Labute approximate surface area is 97.3 Å². The Morgan fingerprint density at radius 3 is 2.75 bits per heavy atom. The van der Waals surface area contributed by atoms with Crippen molar-refractivity contribution in [3.8, 4) is 0 Å². The summed E-state index contributed by atoms with van der Waals surface area (Å²) in [6.45, 7) is 2.83. The van der Waals surface area contributed by atoms with Gasteiger partial charge in [0.25, 0.3) is 5.13 Å². The molecule has 82 valence electrons. The quantitative estimate of drug-likeness (QED) is 0.823. The van der Waals surface area contributed by atoms with Gasteiger partial charge >= 0.3 is 0 Å². The van der Waals surface area contributed by atoms with Gasteiger partial charge in [-0.25, -0.2) is 0 Å². The normalized spacial score (nSPS) is 10.8. The summed E-state index contributed by atoms with van der Waals surface area (Å²) < 4.78 is 0. The zero-order valence-corrected chi connectivity index (χ0v) is 9.61. The number of hydrogen-bond acceptors (Lipinski definition) is 6. The summed E-state index contributed by atoms with van der Waals surface area (Å²) in [4.78, 5) is 0. The third-order valence-electron chi connectivity index (χ3n) is 1.75. The van der Waals surface area contributed by atoms with Crippen molar-refractivity contribution in [1.29, 1.82) is 0 Å². The van der Waals surface area contributed by atoms with E-state index in [1.54, 1.807) is 0 Å². The fourth-order valence-corrected chi connectivity index (χ4v) is 1.71. The first-order valence-corrected chi connectivity index (χ1v) is 5.74. The standard InChI is InChI=1S/C10H11N5S/c1-2-11-9-13-15-10(16-9)14-12-8-6-4-3-5-7-8/h3-7H,2H2,1H3,(H,11,13). The van der Waals surface area contributed by atoms with Crippen LogP contribution in [0.15, 0.2) is 40.6 Å². The first kappa shape index (κ1) is 10.7. The topological polar surface area (TPSA) is 62.5 Å². The van der Waals surface area contributed by atoms with E-state index in [9.17, 15) is 0 Å². The molecule has 0 spiro atoms. The molecule has 0 saturated carbocycles. The average Bonchev–Trinajstić information content (AvgIpc) is 2.76. The van der Waals surface area contributed by atoms with Crippen molar-refractivity contribution in [2.45, 2.75) is 6.92 Å². The molecule has 0 radical (unpaired) electrons. The molecule has 0 aliphatic heterocycles. The maximum Gasteiger partial charge on any atom is 0.253 e. The Bertz CT molecular complexity index is 465. The van der Waals surface area contributed by atoms with E-state index < -0.39 is 0 Å². The molecular formula is C10H11N5S.